The van der Waals surface area contributed by atoms with Gasteiger partial charge >= 0.3 is 5.97 Å². The fourth-order valence-electron chi connectivity index (χ4n) is 4.60. The third-order valence-electron chi connectivity index (χ3n) is 6.12. The first-order valence-electron chi connectivity index (χ1n) is 11.3. The SMILES string of the molecule is COCCNC(=O)C1c2c(cccc2-c2ccc(Cl)cc2)C(=O)N(CC(=O)O)C1c1ccc(Cl)cc1. The largest absolute Gasteiger partial charge is 0.480 e. The van der Waals surface area contributed by atoms with E-state index in [1.807, 2.05) is 18.2 Å². The Morgan fingerprint density at radius 2 is 1.58 bits per heavy atom. The van der Waals surface area contributed by atoms with E-state index in [1.165, 1.54) is 12.0 Å². The standard InChI is InChI=1S/C27H24Cl2N2O5/c1-36-14-13-30-26(34)24-23-20(16-5-9-18(28)10-6-16)3-2-4-21(23)27(35)31(15-22(32)33)25(24)17-7-11-19(29)12-8-17/h2-12,24-25H,13-15H2,1H3,(H,30,34)(H,32,33). The molecule has 0 saturated heterocycles. The van der Waals surface area contributed by atoms with Crippen LogP contribution in [0.3, 0.4) is 0 Å². The quantitative estimate of drug-likeness (QED) is 0.411. The average Bonchev–Trinajstić information content (AvgIpc) is 2.86. The van der Waals surface area contributed by atoms with E-state index >= 15 is 0 Å². The number of carbonyl (C=O) groups excluding carboxylic acids is 2. The zero-order valence-corrected chi connectivity index (χ0v) is 20.9. The second-order valence-corrected chi connectivity index (χ2v) is 9.23. The van der Waals surface area contributed by atoms with Crippen LogP contribution >= 0.6 is 23.2 Å². The molecule has 0 aromatic heterocycles. The predicted octanol–water partition coefficient (Wildman–Crippen LogP) is 4.79. The van der Waals surface area contributed by atoms with Crippen LogP contribution in [0.5, 0.6) is 0 Å². The maximum absolute atomic E-state index is 13.8. The second-order valence-electron chi connectivity index (χ2n) is 8.36. The fraction of sp³-hybridized carbons (Fsp3) is 0.222. The number of hydrogen-bond acceptors (Lipinski definition) is 4. The maximum atomic E-state index is 13.8. The molecule has 2 N–H and O–H groups in total. The molecule has 0 bridgehead atoms. The molecule has 0 saturated carbocycles. The summed E-state index contributed by atoms with van der Waals surface area (Å²) in [6.45, 7) is -0.0172. The van der Waals surface area contributed by atoms with Crippen molar-refractivity contribution in [1.82, 2.24) is 10.2 Å². The van der Waals surface area contributed by atoms with Gasteiger partial charge in [-0.15, -0.1) is 0 Å². The molecule has 186 valence electrons. The van der Waals surface area contributed by atoms with E-state index in [1.54, 1.807) is 48.5 Å². The molecule has 3 aromatic rings. The first-order chi connectivity index (χ1) is 17.3. The van der Waals surface area contributed by atoms with E-state index in [9.17, 15) is 19.5 Å². The molecule has 3 aromatic carbocycles. The third-order valence-corrected chi connectivity index (χ3v) is 6.62. The molecule has 4 rings (SSSR count). The summed E-state index contributed by atoms with van der Waals surface area (Å²) in [5.74, 6) is -2.90. The summed E-state index contributed by atoms with van der Waals surface area (Å²) in [6.07, 6.45) is 0. The summed E-state index contributed by atoms with van der Waals surface area (Å²) in [5.41, 5.74) is 2.87. The molecule has 1 aliphatic rings. The number of nitrogens with zero attached hydrogens (tertiary/aromatic N) is 1. The minimum Gasteiger partial charge on any atom is -0.480 e. The number of carboxylic acids is 1. The molecule has 0 aliphatic carbocycles. The molecule has 36 heavy (non-hydrogen) atoms. The second kappa shape index (κ2) is 11.1. The molecule has 2 amide bonds. The van der Waals surface area contributed by atoms with E-state index < -0.39 is 30.4 Å². The lowest BCUT2D eigenvalue weighted by Gasteiger charge is -2.42. The van der Waals surface area contributed by atoms with Gasteiger partial charge in [-0.25, -0.2) is 0 Å². The normalized spacial score (nSPS) is 17.0. The molecule has 2 unspecified atom stereocenters. The van der Waals surface area contributed by atoms with E-state index in [4.69, 9.17) is 27.9 Å². The van der Waals surface area contributed by atoms with Crippen molar-refractivity contribution in [3.05, 3.63) is 93.5 Å². The van der Waals surface area contributed by atoms with Gasteiger partial charge in [0.2, 0.25) is 5.91 Å². The Morgan fingerprint density at radius 1 is 0.972 bits per heavy atom. The van der Waals surface area contributed by atoms with Crippen LogP contribution in [-0.4, -0.2) is 54.6 Å². The van der Waals surface area contributed by atoms with Crippen molar-refractivity contribution >= 4 is 41.0 Å². The van der Waals surface area contributed by atoms with Crippen molar-refractivity contribution in [1.29, 1.82) is 0 Å². The monoisotopic (exact) mass is 526 g/mol. The van der Waals surface area contributed by atoms with Crippen LogP contribution < -0.4 is 5.32 Å². The summed E-state index contributed by atoms with van der Waals surface area (Å²) >= 11 is 12.2. The number of methoxy groups -OCH3 is 1. The lowest BCUT2D eigenvalue weighted by molar-refractivity contribution is -0.139. The average molecular weight is 527 g/mol. The number of aliphatic carboxylic acids is 1. The smallest absolute Gasteiger partial charge is 0.323 e. The number of carboxylic acid groups (broad SMARTS) is 1. The van der Waals surface area contributed by atoms with Crippen LogP contribution in [-0.2, 0) is 14.3 Å². The Bertz CT molecular complexity index is 1280. The van der Waals surface area contributed by atoms with Crippen molar-refractivity contribution in [3.63, 3.8) is 0 Å². The highest BCUT2D eigenvalue weighted by Gasteiger charge is 2.46. The van der Waals surface area contributed by atoms with Gasteiger partial charge in [-0.3, -0.25) is 14.4 Å². The van der Waals surface area contributed by atoms with E-state index in [0.29, 0.717) is 33.3 Å². The van der Waals surface area contributed by atoms with E-state index in [-0.39, 0.29) is 18.0 Å². The van der Waals surface area contributed by atoms with Crippen molar-refractivity contribution in [2.75, 3.05) is 26.8 Å². The topological polar surface area (TPSA) is 95.9 Å². The Balaban J connectivity index is 1.96. The number of halogens is 2. The molecule has 7 nitrogen and oxygen atoms in total. The number of ether oxygens (including phenoxy) is 1. The molecule has 0 fully saturated rings. The number of hydrogen-bond donors (Lipinski definition) is 2. The summed E-state index contributed by atoms with van der Waals surface area (Å²) in [6, 6.07) is 18.2. The first kappa shape index (κ1) is 25.7. The molecule has 1 aliphatic heterocycles. The molecule has 1 heterocycles. The van der Waals surface area contributed by atoms with Crippen LogP contribution in [0.15, 0.2) is 66.7 Å². The molecular weight excluding hydrogens is 503 g/mol. The lowest BCUT2D eigenvalue weighted by atomic mass is 9.76. The molecule has 9 heteroatoms. The first-order valence-corrected chi connectivity index (χ1v) is 12.0. The molecule has 2 atom stereocenters. The van der Waals surface area contributed by atoms with Crippen LogP contribution in [0.4, 0.5) is 0 Å². The lowest BCUT2D eigenvalue weighted by Crippen LogP contribution is -2.49. The predicted molar refractivity (Wildman–Crippen MR) is 137 cm³/mol. The van der Waals surface area contributed by atoms with Crippen molar-refractivity contribution in [2.45, 2.75) is 12.0 Å². The summed E-state index contributed by atoms with van der Waals surface area (Å²) in [4.78, 5) is 40.6. The number of rotatable bonds is 8. The number of carbonyl (C=O) groups is 3. The van der Waals surface area contributed by atoms with Gasteiger partial charge in [0.25, 0.3) is 5.91 Å². The maximum Gasteiger partial charge on any atom is 0.323 e. The molecule has 0 radical (unpaired) electrons. The number of fused-ring (bicyclic) bond motifs is 1. The van der Waals surface area contributed by atoms with Gasteiger partial charge in [0.15, 0.2) is 0 Å². The summed E-state index contributed by atoms with van der Waals surface area (Å²) in [7, 11) is 1.53. The van der Waals surface area contributed by atoms with Gasteiger partial charge in [0.05, 0.1) is 18.6 Å². The Hall–Kier alpha value is -3.39. The van der Waals surface area contributed by atoms with Crippen molar-refractivity contribution in [3.8, 4) is 11.1 Å². The van der Waals surface area contributed by atoms with Gasteiger partial charge in [-0.1, -0.05) is 59.6 Å². The van der Waals surface area contributed by atoms with Crippen LogP contribution in [0.25, 0.3) is 11.1 Å². The number of benzene rings is 3. The summed E-state index contributed by atoms with van der Waals surface area (Å²) < 4.78 is 5.08. The molecule has 0 spiro atoms. The van der Waals surface area contributed by atoms with Crippen LogP contribution in [0.1, 0.15) is 33.4 Å². The number of nitrogens with one attached hydrogen (secondary N) is 1. The highest BCUT2D eigenvalue weighted by molar-refractivity contribution is 6.30. The van der Waals surface area contributed by atoms with E-state index in [0.717, 1.165) is 5.56 Å². The van der Waals surface area contributed by atoms with Gasteiger partial charge in [-0.05, 0) is 52.6 Å². The van der Waals surface area contributed by atoms with Gasteiger partial charge in [0, 0.05) is 29.3 Å². The minimum absolute atomic E-state index is 0.254. The highest BCUT2D eigenvalue weighted by Crippen LogP contribution is 2.46. The summed E-state index contributed by atoms with van der Waals surface area (Å²) in [5, 5.41) is 13.6. The Kier molecular flexibility index (Phi) is 7.94. The fourth-order valence-corrected chi connectivity index (χ4v) is 4.85. The Labute approximate surface area is 218 Å². The third kappa shape index (κ3) is 5.23. The van der Waals surface area contributed by atoms with E-state index in [2.05, 4.69) is 5.32 Å². The van der Waals surface area contributed by atoms with Gasteiger partial charge in [-0.2, -0.15) is 0 Å². The molecular formula is C27H24Cl2N2O5. The van der Waals surface area contributed by atoms with Crippen LogP contribution in [0, 0.1) is 0 Å². The zero-order valence-electron chi connectivity index (χ0n) is 19.4. The van der Waals surface area contributed by atoms with Crippen molar-refractivity contribution in [2.24, 2.45) is 0 Å². The zero-order chi connectivity index (χ0) is 25.8. The van der Waals surface area contributed by atoms with Gasteiger partial charge in [0.1, 0.15) is 6.54 Å². The van der Waals surface area contributed by atoms with Crippen molar-refractivity contribution < 1.29 is 24.2 Å². The minimum atomic E-state index is -1.18. The number of amides is 2. The Morgan fingerprint density at radius 3 is 2.19 bits per heavy atom. The van der Waals surface area contributed by atoms with Gasteiger partial charge < -0.3 is 20.1 Å². The van der Waals surface area contributed by atoms with Crippen LogP contribution in [0.2, 0.25) is 10.0 Å². The highest BCUT2D eigenvalue weighted by atomic mass is 35.5.